The monoisotopic (exact) mass is 488 g/mol. The minimum Gasteiger partial charge on any atom is -0.466 e. The van der Waals surface area contributed by atoms with Crippen molar-refractivity contribution >= 4 is 41.8 Å². The highest BCUT2D eigenvalue weighted by Gasteiger charge is 2.27. The van der Waals surface area contributed by atoms with Crippen LogP contribution in [-0.4, -0.2) is 62.6 Å². The number of hydrogen-bond donors (Lipinski definition) is 2. The Kier molecular flexibility index (Phi) is 10.8. The van der Waals surface area contributed by atoms with Crippen LogP contribution in [0.1, 0.15) is 30.1 Å². The lowest BCUT2D eigenvalue weighted by molar-refractivity contribution is -0.149. The number of hydrogen-bond acceptors (Lipinski definition) is 4. The number of carbonyl (C=O) groups excluding carboxylic acids is 2. The smallest absolute Gasteiger partial charge is 0.309 e. The fourth-order valence-corrected chi connectivity index (χ4v) is 2.96. The third-order valence-electron chi connectivity index (χ3n) is 4.36. The summed E-state index contributed by atoms with van der Waals surface area (Å²) in [5.74, 6) is 0.590. The van der Waals surface area contributed by atoms with E-state index in [1.165, 1.54) is 0 Å². The number of ether oxygens (including phenoxy) is 1. The van der Waals surface area contributed by atoms with Gasteiger partial charge >= 0.3 is 5.97 Å². The number of halogens is 1. The third-order valence-corrected chi connectivity index (χ3v) is 4.36. The van der Waals surface area contributed by atoms with Crippen LogP contribution >= 0.6 is 24.0 Å². The normalized spacial score (nSPS) is 14.9. The molecule has 7 nitrogen and oxygen atoms in total. The highest BCUT2D eigenvalue weighted by molar-refractivity contribution is 14.0. The molecule has 1 aliphatic heterocycles. The zero-order valence-corrected chi connectivity index (χ0v) is 18.3. The fraction of sp³-hybridized carbons (Fsp3) is 0.526. The first-order valence-corrected chi connectivity index (χ1v) is 9.11. The Labute approximate surface area is 178 Å². The molecule has 0 radical (unpaired) electrons. The van der Waals surface area contributed by atoms with Gasteiger partial charge in [-0.15, -0.1) is 24.0 Å². The molecule has 1 aromatic rings. The highest BCUT2D eigenvalue weighted by atomic mass is 127. The van der Waals surface area contributed by atoms with Crippen LogP contribution in [0.3, 0.4) is 0 Å². The number of benzene rings is 1. The molecule has 0 spiro atoms. The van der Waals surface area contributed by atoms with Crippen molar-refractivity contribution in [3.63, 3.8) is 0 Å². The molecule has 150 valence electrons. The molecule has 0 saturated carbocycles. The van der Waals surface area contributed by atoms with Crippen LogP contribution in [-0.2, 0) is 9.53 Å². The third kappa shape index (κ3) is 7.36. The highest BCUT2D eigenvalue weighted by Crippen LogP contribution is 2.18. The first-order chi connectivity index (χ1) is 12.7. The van der Waals surface area contributed by atoms with Gasteiger partial charge in [0.2, 0.25) is 0 Å². The van der Waals surface area contributed by atoms with Gasteiger partial charge in [-0.25, -0.2) is 0 Å². The van der Waals surface area contributed by atoms with Crippen molar-refractivity contribution in [1.29, 1.82) is 0 Å². The topological polar surface area (TPSA) is 83.0 Å². The molecule has 0 atom stereocenters. The second kappa shape index (κ2) is 12.5. The maximum Gasteiger partial charge on any atom is 0.309 e. The summed E-state index contributed by atoms with van der Waals surface area (Å²) in [5, 5.41) is 6.14. The average molecular weight is 488 g/mol. The minimum atomic E-state index is -0.0984. The standard InChI is InChI=1S/C19H28N4O3.HI/c1-3-26-18(25)16-9-13-23(14-10-16)19(20-2)22-12-11-21-17(24)15-7-5-4-6-8-15;/h4-8,16H,3,9-14H2,1-2H3,(H,20,22)(H,21,24);1H. The van der Waals surface area contributed by atoms with Gasteiger partial charge in [-0.1, -0.05) is 18.2 Å². The molecule has 0 unspecified atom stereocenters. The Morgan fingerprint density at radius 3 is 2.37 bits per heavy atom. The van der Waals surface area contributed by atoms with E-state index in [1.54, 1.807) is 19.2 Å². The zero-order valence-electron chi connectivity index (χ0n) is 15.9. The molecule has 1 fully saturated rings. The Balaban J connectivity index is 0.00000364. The van der Waals surface area contributed by atoms with E-state index < -0.39 is 0 Å². The quantitative estimate of drug-likeness (QED) is 0.210. The summed E-state index contributed by atoms with van der Waals surface area (Å²) in [4.78, 5) is 30.2. The number of esters is 1. The van der Waals surface area contributed by atoms with E-state index >= 15 is 0 Å². The number of piperidine rings is 1. The number of aliphatic imine (C=N–C) groups is 1. The fourth-order valence-electron chi connectivity index (χ4n) is 2.96. The number of nitrogens with zero attached hydrogens (tertiary/aromatic N) is 2. The van der Waals surface area contributed by atoms with Crippen molar-refractivity contribution in [2.45, 2.75) is 19.8 Å². The summed E-state index contributed by atoms with van der Waals surface area (Å²) in [7, 11) is 1.74. The lowest BCUT2D eigenvalue weighted by Crippen LogP contribution is -2.48. The van der Waals surface area contributed by atoms with Crippen molar-refractivity contribution in [1.82, 2.24) is 15.5 Å². The SMILES string of the molecule is CCOC(=O)C1CCN(C(=NC)NCCNC(=O)c2ccccc2)CC1.I. The minimum absolute atomic E-state index is 0. The molecule has 0 aliphatic carbocycles. The van der Waals surface area contributed by atoms with Gasteiger partial charge in [-0.3, -0.25) is 14.6 Å². The van der Waals surface area contributed by atoms with E-state index in [0.29, 0.717) is 25.3 Å². The number of amides is 1. The Morgan fingerprint density at radius 2 is 1.78 bits per heavy atom. The van der Waals surface area contributed by atoms with Gasteiger partial charge in [-0.2, -0.15) is 0 Å². The lowest BCUT2D eigenvalue weighted by atomic mass is 9.97. The number of rotatable bonds is 6. The van der Waals surface area contributed by atoms with Gasteiger partial charge in [0.05, 0.1) is 12.5 Å². The van der Waals surface area contributed by atoms with Crippen molar-refractivity contribution in [2.24, 2.45) is 10.9 Å². The van der Waals surface area contributed by atoms with Gasteiger partial charge in [-0.05, 0) is 31.9 Å². The summed E-state index contributed by atoms with van der Waals surface area (Å²) in [5.41, 5.74) is 0.651. The second-order valence-electron chi connectivity index (χ2n) is 6.11. The van der Waals surface area contributed by atoms with Crippen molar-refractivity contribution in [2.75, 3.05) is 39.8 Å². The Morgan fingerprint density at radius 1 is 1.15 bits per heavy atom. The molecular weight excluding hydrogens is 459 g/mol. The summed E-state index contributed by atoms with van der Waals surface area (Å²) >= 11 is 0. The average Bonchev–Trinajstić information content (AvgIpc) is 2.69. The van der Waals surface area contributed by atoms with Crippen LogP contribution in [0.2, 0.25) is 0 Å². The van der Waals surface area contributed by atoms with Crippen molar-refractivity contribution in [3.8, 4) is 0 Å². The molecule has 1 aliphatic rings. The molecule has 2 rings (SSSR count). The molecule has 1 saturated heterocycles. The van der Waals surface area contributed by atoms with Crippen LogP contribution in [0.4, 0.5) is 0 Å². The summed E-state index contributed by atoms with van der Waals surface area (Å²) in [6.45, 7) is 4.88. The van der Waals surface area contributed by atoms with Crippen LogP contribution in [0, 0.1) is 5.92 Å². The van der Waals surface area contributed by atoms with Crippen molar-refractivity contribution in [3.05, 3.63) is 35.9 Å². The number of nitrogens with one attached hydrogen (secondary N) is 2. The maximum atomic E-state index is 12.0. The van der Waals surface area contributed by atoms with Gasteiger partial charge in [0.25, 0.3) is 5.91 Å². The van der Waals surface area contributed by atoms with Crippen molar-refractivity contribution < 1.29 is 14.3 Å². The maximum absolute atomic E-state index is 12.0. The van der Waals surface area contributed by atoms with Crippen LogP contribution in [0.5, 0.6) is 0 Å². The summed E-state index contributed by atoms with van der Waals surface area (Å²) < 4.78 is 5.10. The second-order valence-corrected chi connectivity index (χ2v) is 6.11. The summed E-state index contributed by atoms with van der Waals surface area (Å²) in [6.07, 6.45) is 1.54. The molecule has 0 aromatic heterocycles. The largest absolute Gasteiger partial charge is 0.466 e. The van der Waals surface area contributed by atoms with Gasteiger partial charge < -0.3 is 20.3 Å². The molecule has 1 aromatic carbocycles. The Hall–Kier alpha value is -1.84. The summed E-state index contributed by atoms with van der Waals surface area (Å²) in [6, 6.07) is 9.14. The number of carbonyl (C=O) groups is 2. The van der Waals surface area contributed by atoms with E-state index in [-0.39, 0.29) is 41.8 Å². The number of guanidine groups is 1. The van der Waals surface area contributed by atoms with E-state index in [0.717, 1.165) is 31.9 Å². The zero-order chi connectivity index (χ0) is 18.8. The van der Waals surface area contributed by atoms with Crippen LogP contribution < -0.4 is 10.6 Å². The molecule has 1 heterocycles. The van der Waals surface area contributed by atoms with Gasteiger partial charge in [0.1, 0.15) is 0 Å². The molecule has 1 amide bonds. The molecule has 27 heavy (non-hydrogen) atoms. The Bertz CT molecular complexity index is 617. The molecular formula is C19H29IN4O3. The van der Waals surface area contributed by atoms with Crippen LogP contribution in [0.15, 0.2) is 35.3 Å². The predicted molar refractivity (Wildman–Crippen MR) is 116 cm³/mol. The predicted octanol–water partition coefficient (Wildman–Crippen LogP) is 1.88. The van der Waals surface area contributed by atoms with Crippen LogP contribution in [0.25, 0.3) is 0 Å². The molecule has 2 N–H and O–H groups in total. The lowest BCUT2D eigenvalue weighted by Gasteiger charge is -2.33. The number of likely N-dealkylation sites (tertiary alicyclic amines) is 1. The van der Waals surface area contributed by atoms with Gasteiger partial charge in [0, 0.05) is 38.8 Å². The van der Waals surface area contributed by atoms with E-state index in [9.17, 15) is 9.59 Å². The van der Waals surface area contributed by atoms with Gasteiger partial charge in [0.15, 0.2) is 5.96 Å². The first kappa shape index (κ1) is 23.2. The van der Waals surface area contributed by atoms with E-state index in [1.807, 2.05) is 25.1 Å². The first-order valence-electron chi connectivity index (χ1n) is 9.11. The molecule has 0 bridgehead atoms. The molecule has 8 heteroatoms. The van der Waals surface area contributed by atoms with E-state index in [2.05, 4.69) is 20.5 Å². The van der Waals surface area contributed by atoms with E-state index in [4.69, 9.17) is 4.74 Å².